The van der Waals surface area contributed by atoms with E-state index < -0.39 is 0 Å². The van der Waals surface area contributed by atoms with Gasteiger partial charge >= 0.3 is 0 Å². The fraction of sp³-hybridized carbons (Fsp3) is 1.00. The van der Waals surface area contributed by atoms with Crippen molar-refractivity contribution < 1.29 is 5.11 Å². The lowest BCUT2D eigenvalue weighted by molar-refractivity contribution is 0.198. The maximum atomic E-state index is 8.78. The van der Waals surface area contributed by atoms with Gasteiger partial charge in [-0.2, -0.15) is 0 Å². The van der Waals surface area contributed by atoms with Crippen molar-refractivity contribution in [2.24, 2.45) is 0 Å². The van der Waals surface area contributed by atoms with Gasteiger partial charge in [0.25, 0.3) is 0 Å². The number of hydrogen-bond acceptors (Lipinski definition) is 1. The third-order valence-corrected chi connectivity index (χ3v) is 1.83. The van der Waals surface area contributed by atoms with E-state index in [0.29, 0.717) is 5.33 Å². The summed E-state index contributed by atoms with van der Waals surface area (Å²) in [5, 5.41) is 10.3. The average molecular weight is 232 g/mol. The molecule has 1 atom stereocenters. The van der Waals surface area contributed by atoms with Crippen LogP contribution in [0.4, 0.5) is 0 Å². The molecule has 0 radical (unpaired) electrons. The number of alkyl halides is 2. The molecule has 0 aromatic rings. The van der Waals surface area contributed by atoms with E-state index in [4.69, 9.17) is 5.11 Å². The summed E-state index contributed by atoms with van der Waals surface area (Å²) in [6.45, 7) is 0. The highest BCUT2D eigenvalue weighted by atomic mass is 79.9. The number of hydrogen-bond donors (Lipinski definition) is 1. The molecule has 3 heteroatoms. The zero-order valence-corrected chi connectivity index (χ0v) is 7.07. The van der Waals surface area contributed by atoms with Crippen molar-refractivity contribution in [2.75, 3.05) is 10.7 Å². The Balaban J connectivity index is 2.83. The topological polar surface area (TPSA) is 20.2 Å². The fourth-order valence-electron chi connectivity index (χ4n) is 0.203. The maximum absolute atomic E-state index is 8.78. The standard InChI is InChI=1S/C4H8Br2O/c5-2-1-4(7)3-6/h4,7H,1-3H2. The van der Waals surface area contributed by atoms with Crippen molar-refractivity contribution in [1.29, 1.82) is 0 Å². The molecule has 0 rings (SSSR count). The third-order valence-electron chi connectivity index (χ3n) is 0.620. The Morgan fingerprint density at radius 1 is 1.43 bits per heavy atom. The first-order valence-corrected chi connectivity index (χ1v) is 4.35. The molecule has 0 amide bonds. The molecule has 0 aromatic carbocycles. The number of aliphatic hydroxyl groups is 1. The molecule has 0 aliphatic heterocycles. The van der Waals surface area contributed by atoms with Crippen molar-refractivity contribution in [3.8, 4) is 0 Å². The van der Waals surface area contributed by atoms with Crippen LogP contribution < -0.4 is 0 Å². The van der Waals surface area contributed by atoms with Gasteiger partial charge in [-0.3, -0.25) is 0 Å². The number of rotatable bonds is 3. The normalized spacial score (nSPS) is 14.1. The van der Waals surface area contributed by atoms with Crippen molar-refractivity contribution in [3.63, 3.8) is 0 Å². The highest BCUT2D eigenvalue weighted by Gasteiger charge is 1.96. The molecule has 0 aliphatic carbocycles. The summed E-state index contributed by atoms with van der Waals surface area (Å²) in [5.41, 5.74) is 0. The maximum Gasteiger partial charge on any atom is 0.0644 e. The van der Waals surface area contributed by atoms with Crippen LogP contribution in [-0.4, -0.2) is 21.9 Å². The molecule has 0 fully saturated rings. The lowest BCUT2D eigenvalue weighted by Crippen LogP contribution is -2.07. The Labute approximate surface area is 60.4 Å². The largest absolute Gasteiger partial charge is 0.392 e. The van der Waals surface area contributed by atoms with E-state index in [9.17, 15) is 0 Å². The molecule has 0 aromatic heterocycles. The third kappa shape index (κ3) is 4.78. The van der Waals surface area contributed by atoms with Crippen molar-refractivity contribution >= 4 is 31.9 Å². The summed E-state index contributed by atoms with van der Waals surface area (Å²) >= 11 is 6.35. The Hall–Kier alpha value is 0.920. The zero-order valence-electron chi connectivity index (χ0n) is 3.90. The van der Waals surface area contributed by atoms with Gasteiger partial charge in [-0.05, 0) is 6.42 Å². The van der Waals surface area contributed by atoms with E-state index in [1.165, 1.54) is 0 Å². The monoisotopic (exact) mass is 230 g/mol. The van der Waals surface area contributed by atoms with Crippen LogP contribution in [0.2, 0.25) is 0 Å². The fourth-order valence-corrected chi connectivity index (χ4v) is 1.06. The Kier molecular flexibility index (Phi) is 5.73. The highest BCUT2D eigenvalue weighted by molar-refractivity contribution is 9.09. The van der Waals surface area contributed by atoms with Crippen LogP contribution in [0, 0.1) is 0 Å². The zero-order chi connectivity index (χ0) is 5.70. The molecule has 7 heavy (non-hydrogen) atoms. The summed E-state index contributed by atoms with van der Waals surface area (Å²) in [4.78, 5) is 0. The van der Waals surface area contributed by atoms with Gasteiger partial charge in [0.05, 0.1) is 6.10 Å². The molecular weight excluding hydrogens is 224 g/mol. The van der Waals surface area contributed by atoms with Gasteiger partial charge in [-0.25, -0.2) is 0 Å². The second kappa shape index (κ2) is 5.06. The molecule has 1 unspecified atom stereocenters. The van der Waals surface area contributed by atoms with Crippen LogP contribution in [-0.2, 0) is 0 Å². The second-order valence-corrected chi connectivity index (χ2v) is 2.73. The Morgan fingerprint density at radius 3 is 2.14 bits per heavy atom. The van der Waals surface area contributed by atoms with Crippen LogP contribution in [0.1, 0.15) is 6.42 Å². The molecule has 0 aliphatic rings. The summed E-state index contributed by atoms with van der Waals surface area (Å²) in [5.74, 6) is 0. The van der Waals surface area contributed by atoms with Gasteiger partial charge in [0.15, 0.2) is 0 Å². The number of aliphatic hydroxyl groups excluding tert-OH is 1. The minimum absolute atomic E-state index is 0.181. The van der Waals surface area contributed by atoms with Crippen molar-refractivity contribution in [1.82, 2.24) is 0 Å². The smallest absolute Gasteiger partial charge is 0.0644 e. The van der Waals surface area contributed by atoms with E-state index in [-0.39, 0.29) is 6.10 Å². The van der Waals surface area contributed by atoms with Crippen LogP contribution in [0.15, 0.2) is 0 Å². The van der Waals surface area contributed by atoms with Gasteiger partial charge in [0, 0.05) is 10.7 Å². The van der Waals surface area contributed by atoms with Gasteiger partial charge in [0.2, 0.25) is 0 Å². The SMILES string of the molecule is OC(CBr)CCBr. The molecule has 0 heterocycles. The van der Waals surface area contributed by atoms with Gasteiger partial charge < -0.3 is 5.11 Å². The van der Waals surface area contributed by atoms with Gasteiger partial charge in [0.1, 0.15) is 0 Å². The molecule has 0 bridgehead atoms. The van der Waals surface area contributed by atoms with E-state index in [1.807, 2.05) is 0 Å². The van der Waals surface area contributed by atoms with Crippen LogP contribution in [0.3, 0.4) is 0 Å². The highest BCUT2D eigenvalue weighted by Crippen LogP contribution is 1.97. The molecule has 0 spiro atoms. The first kappa shape index (κ1) is 7.92. The van der Waals surface area contributed by atoms with Crippen LogP contribution >= 0.6 is 31.9 Å². The Morgan fingerprint density at radius 2 is 2.00 bits per heavy atom. The summed E-state index contributed by atoms with van der Waals surface area (Å²) in [7, 11) is 0. The quantitative estimate of drug-likeness (QED) is 0.731. The predicted molar refractivity (Wildman–Crippen MR) is 38.2 cm³/mol. The van der Waals surface area contributed by atoms with E-state index in [2.05, 4.69) is 31.9 Å². The van der Waals surface area contributed by atoms with E-state index >= 15 is 0 Å². The molecule has 1 nitrogen and oxygen atoms in total. The minimum Gasteiger partial charge on any atom is -0.392 e. The lowest BCUT2D eigenvalue weighted by Gasteiger charge is -1.99. The van der Waals surface area contributed by atoms with Crippen molar-refractivity contribution in [3.05, 3.63) is 0 Å². The first-order chi connectivity index (χ1) is 3.31. The second-order valence-electron chi connectivity index (χ2n) is 1.29. The number of halogens is 2. The van der Waals surface area contributed by atoms with E-state index in [0.717, 1.165) is 11.8 Å². The average Bonchev–Trinajstić information content (AvgIpc) is 1.68. The molecular formula is C4H8Br2O. The predicted octanol–water partition coefficient (Wildman–Crippen LogP) is 1.53. The molecule has 1 N–H and O–H groups in total. The lowest BCUT2D eigenvalue weighted by atomic mass is 10.3. The Bertz CT molecular complexity index is 40.7. The van der Waals surface area contributed by atoms with Crippen LogP contribution in [0.25, 0.3) is 0 Å². The first-order valence-electron chi connectivity index (χ1n) is 2.11. The van der Waals surface area contributed by atoms with Gasteiger partial charge in [-0.1, -0.05) is 31.9 Å². The summed E-state index contributed by atoms with van der Waals surface area (Å²) < 4.78 is 0. The summed E-state index contributed by atoms with van der Waals surface area (Å²) in [6, 6.07) is 0. The molecule has 44 valence electrons. The molecule has 0 saturated heterocycles. The molecule has 0 saturated carbocycles. The van der Waals surface area contributed by atoms with Gasteiger partial charge in [-0.15, -0.1) is 0 Å². The van der Waals surface area contributed by atoms with E-state index in [1.54, 1.807) is 0 Å². The van der Waals surface area contributed by atoms with Crippen LogP contribution in [0.5, 0.6) is 0 Å². The summed E-state index contributed by atoms with van der Waals surface area (Å²) in [6.07, 6.45) is 0.644. The van der Waals surface area contributed by atoms with Crippen molar-refractivity contribution in [2.45, 2.75) is 12.5 Å². The minimum atomic E-state index is -0.181.